The fourth-order valence-electron chi connectivity index (χ4n) is 3.99. The lowest BCUT2D eigenvalue weighted by Gasteiger charge is -2.25. The van der Waals surface area contributed by atoms with E-state index in [-0.39, 0.29) is 5.82 Å². The molecule has 1 saturated heterocycles. The van der Waals surface area contributed by atoms with Gasteiger partial charge in [0.25, 0.3) is 0 Å². The fraction of sp³-hybridized carbons (Fsp3) is 0.625. The summed E-state index contributed by atoms with van der Waals surface area (Å²) in [4.78, 5) is 2.47. The van der Waals surface area contributed by atoms with Gasteiger partial charge in [-0.2, -0.15) is 0 Å². The Labute approximate surface area is 109 Å². The summed E-state index contributed by atoms with van der Waals surface area (Å²) in [6, 6.07) is 7.24. The first-order valence-corrected chi connectivity index (χ1v) is 7.18. The van der Waals surface area contributed by atoms with E-state index in [1.165, 1.54) is 44.3 Å². The Hall–Kier alpha value is -0.890. The molecule has 0 aromatic heterocycles. The standard InChI is InChI=1S/C16H22FN/c1-18-10-13-4-2-3-5-15(16(13)11-18)12-6-8-14(17)9-7-12/h6-9,13,15-16H,2-5,10-11H2,1H3/t13-,15+,16+/m0/s1. The third kappa shape index (κ3) is 2.31. The maximum Gasteiger partial charge on any atom is 0.123 e. The Morgan fingerprint density at radius 2 is 1.78 bits per heavy atom. The van der Waals surface area contributed by atoms with Crippen LogP contribution >= 0.6 is 0 Å². The van der Waals surface area contributed by atoms with Gasteiger partial charge in [-0.1, -0.05) is 25.0 Å². The minimum Gasteiger partial charge on any atom is -0.306 e. The summed E-state index contributed by atoms with van der Waals surface area (Å²) in [6.07, 6.45) is 5.36. The van der Waals surface area contributed by atoms with E-state index in [2.05, 4.69) is 11.9 Å². The molecule has 2 fully saturated rings. The van der Waals surface area contributed by atoms with E-state index >= 15 is 0 Å². The highest BCUT2D eigenvalue weighted by Gasteiger charge is 2.37. The lowest BCUT2D eigenvalue weighted by atomic mass is 9.79. The molecule has 1 aliphatic carbocycles. The molecule has 18 heavy (non-hydrogen) atoms. The number of hydrogen-bond acceptors (Lipinski definition) is 1. The number of halogens is 1. The van der Waals surface area contributed by atoms with Crippen LogP contribution in [0.3, 0.4) is 0 Å². The van der Waals surface area contributed by atoms with Crippen LogP contribution in [0.2, 0.25) is 0 Å². The van der Waals surface area contributed by atoms with Crippen molar-refractivity contribution in [2.24, 2.45) is 11.8 Å². The second-order valence-corrected chi connectivity index (χ2v) is 6.09. The van der Waals surface area contributed by atoms with Crippen molar-refractivity contribution >= 4 is 0 Å². The lowest BCUT2D eigenvalue weighted by Crippen LogP contribution is -2.20. The summed E-state index contributed by atoms with van der Waals surface area (Å²) in [5.74, 6) is 2.16. The fourth-order valence-corrected chi connectivity index (χ4v) is 3.99. The predicted molar refractivity (Wildman–Crippen MR) is 72.1 cm³/mol. The van der Waals surface area contributed by atoms with E-state index in [0.717, 1.165) is 11.8 Å². The summed E-state index contributed by atoms with van der Waals surface area (Å²) < 4.78 is 13.1. The van der Waals surface area contributed by atoms with Crippen LogP contribution in [0, 0.1) is 17.7 Å². The topological polar surface area (TPSA) is 3.24 Å². The van der Waals surface area contributed by atoms with Crippen molar-refractivity contribution in [3.05, 3.63) is 35.6 Å². The van der Waals surface area contributed by atoms with Crippen molar-refractivity contribution in [1.82, 2.24) is 4.90 Å². The smallest absolute Gasteiger partial charge is 0.123 e. The molecule has 1 aromatic carbocycles. The Morgan fingerprint density at radius 1 is 1.06 bits per heavy atom. The Kier molecular flexibility index (Phi) is 3.38. The number of hydrogen-bond donors (Lipinski definition) is 0. The van der Waals surface area contributed by atoms with Gasteiger partial charge >= 0.3 is 0 Å². The summed E-state index contributed by atoms with van der Waals surface area (Å²) in [6.45, 7) is 2.47. The van der Waals surface area contributed by atoms with Crippen LogP contribution in [-0.4, -0.2) is 25.0 Å². The monoisotopic (exact) mass is 247 g/mol. The number of rotatable bonds is 1. The zero-order valence-electron chi connectivity index (χ0n) is 11.1. The van der Waals surface area contributed by atoms with Crippen molar-refractivity contribution in [2.45, 2.75) is 31.6 Å². The average Bonchev–Trinajstić information content (AvgIpc) is 2.61. The number of fused-ring (bicyclic) bond motifs is 1. The molecular formula is C16H22FN. The van der Waals surface area contributed by atoms with Crippen LogP contribution in [0.5, 0.6) is 0 Å². The minimum absolute atomic E-state index is 0.118. The molecule has 98 valence electrons. The van der Waals surface area contributed by atoms with E-state index in [0.29, 0.717) is 5.92 Å². The van der Waals surface area contributed by atoms with Gasteiger partial charge in [0.1, 0.15) is 5.82 Å². The molecule has 0 N–H and O–H groups in total. The number of likely N-dealkylation sites (tertiary alicyclic amines) is 1. The maximum absolute atomic E-state index is 13.1. The van der Waals surface area contributed by atoms with Crippen molar-refractivity contribution in [2.75, 3.05) is 20.1 Å². The molecule has 1 aliphatic heterocycles. The minimum atomic E-state index is -0.118. The molecule has 1 saturated carbocycles. The number of benzene rings is 1. The van der Waals surface area contributed by atoms with Gasteiger partial charge in [-0.3, -0.25) is 0 Å². The summed E-state index contributed by atoms with van der Waals surface area (Å²) in [5.41, 5.74) is 1.35. The zero-order valence-corrected chi connectivity index (χ0v) is 11.1. The SMILES string of the molecule is CN1C[C@@H]2CCCC[C@H](c3ccc(F)cc3)[C@@H]2C1. The normalized spacial score (nSPS) is 33.1. The van der Waals surface area contributed by atoms with Gasteiger partial charge in [0.05, 0.1) is 0 Å². The molecule has 0 amide bonds. The van der Waals surface area contributed by atoms with Crippen molar-refractivity contribution in [3.8, 4) is 0 Å². The molecule has 2 aliphatic rings. The van der Waals surface area contributed by atoms with E-state index in [9.17, 15) is 4.39 Å². The van der Waals surface area contributed by atoms with Crippen LogP contribution < -0.4 is 0 Å². The van der Waals surface area contributed by atoms with Gasteiger partial charge in [0.15, 0.2) is 0 Å². The lowest BCUT2D eigenvalue weighted by molar-refractivity contribution is 0.348. The van der Waals surface area contributed by atoms with Crippen LogP contribution in [0.15, 0.2) is 24.3 Å². The first-order valence-electron chi connectivity index (χ1n) is 7.18. The molecule has 0 bridgehead atoms. The van der Waals surface area contributed by atoms with Crippen LogP contribution in [-0.2, 0) is 0 Å². The summed E-state index contributed by atoms with van der Waals surface area (Å²) >= 11 is 0. The number of nitrogens with zero attached hydrogens (tertiary/aromatic N) is 1. The quantitative estimate of drug-likeness (QED) is 0.732. The largest absolute Gasteiger partial charge is 0.306 e. The second-order valence-electron chi connectivity index (χ2n) is 6.09. The maximum atomic E-state index is 13.1. The molecule has 1 heterocycles. The highest BCUT2D eigenvalue weighted by Crippen LogP contribution is 2.43. The molecule has 3 atom stereocenters. The molecular weight excluding hydrogens is 225 g/mol. The van der Waals surface area contributed by atoms with Crippen LogP contribution in [0.25, 0.3) is 0 Å². The second kappa shape index (κ2) is 5.00. The molecule has 2 heteroatoms. The van der Waals surface area contributed by atoms with Gasteiger partial charge in [-0.05, 0) is 55.3 Å². The zero-order chi connectivity index (χ0) is 12.5. The van der Waals surface area contributed by atoms with E-state index in [1.54, 1.807) is 12.1 Å². The summed E-state index contributed by atoms with van der Waals surface area (Å²) in [5, 5.41) is 0. The Morgan fingerprint density at radius 3 is 2.56 bits per heavy atom. The predicted octanol–water partition coefficient (Wildman–Crippen LogP) is 3.66. The molecule has 0 spiro atoms. The van der Waals surface area contributed by atoms with Crippen molar-refractivity contribution in [3.63, 3.8) is 0 Å². The summed E-state index contributed by atoms with van der Waals surface area (Å²) in [7, 11) is 2.23. The third-order valence-electron chi connectivity index (χ3n) is 4.83. The first-order chi connectivity index (χ1) is 8.74. The molecule has 3 rings (SSSR count). The highest BCUT2D eigenvalue weighted by atomic mass is 19.1. The van der Waals surface area contributed by atoms with Gasteiger partial charge in [0.2, 0.25) is 0 Å². The van der Waals surface area contributed by atoms with Crippen LogP contribution in [0.4, 0.5) is 4.39 Å². The van der Waals surface area contributed by atoms with Gasteiger partial charge in [-0.25, -0.2) is 4.39 Å². The van der Waals surface area contributed by atoms with Crippen molar-refractivity contribution in [1.29, 1.82) is 0 Å². The van der Waals surface area contributed by atoms with E-state index in [4.69, 9.17) is 0 Å². The third-order valence-corrected chi connectivity index (χ3v) is 4.83. The highest BCUT2D eigenvalue weighted by molar-refractivity contribution is 5.22. The van der Waals surface area contributed by atoms with Gasteiger partial charge in [0, 0.05) is 13.1 Å². The van der Waals surface area contributed by atoms with Crippen molar-refractivity contribution < 1.29 is 4.39 Å². The van der Waals surface area contributed by atoms with Crippen LogP contribution in [0.1, 0.15) is 37.2 Å². The molecule has 0 unspecified atom stereocenters. The molecule has 0 radical (unpaired) electrons. The molecule has 1 nitrogen and oxygen atoms in total. The first kappa shape index (κ1) is 12.2. The van der Waals surface area contributed by atoms with Gasteiger partial charge in [-0.15, -0.1) is 0 Å². The average molecular weight is 247 g/mol. The molecule has 1 aromatic rings. The van der Waals surface area contributed by atoms with E-state index < -0.39 is 0 Å². The van der Waals surface area contributed by atoms with Gasteiger partial charge < -0.3 is 4.90 Å². The Bertz CT molecular complexity index is 400. The Balaban J connectivity index is 1.86. The van der Waals surface area contributed by atoms with E-state index in [1.807, 2.05) is 12.1 Å².